The van der Waals surface area contributed by atoms with Gasteiger partial charge in [-0.25, -0.2) is 0 Å². The van der Waals surface area contributed by atoms with Crippen LogP contribution < -0.4 is 4.74 Å². The summed E-state index contributed by atoms with van der Waals surface area (Å²) in [6.07, 6.45) is 4.85. The Morgan fingerprint density at radius 1 is 1.07 bits per heavy atom. The van der Waals surface area contributed by atoms with Crippen molar-refractivity contribution in [3.8, 4) is 5.75 Å². The van der Waals surface area contributed by atoms with Gasteiger partial charge in [0, 0.05) is 18.9 Å². The van der Waals surface area contributed by atoms with Gasteiger partial charge in [0.15, 0.2) is 0 Å². The van der Waals surface area contributed by atoms with E-state index in [-0.39, 0.29) is 11.9 Å². The van der Waals surface area contributed by atoms with Crippen LogP contribution in [0, 0.1) is 0 Å². The van der Waals surface area contributed by atoms with Crippen molar-refractivity contribution in [3.05, 3.63) is 95.3 Å². The molecule has 142 valence electrons. The van der Waals surface area contributed by atoms with E-state index in [1.807, 2.05) is 54.3 Å². The minimum atomic E-state index is -0.0665. The van der Waals surface area contributed by atoms with Crippen LogP contribution in [0.2, 0.25) is 0 Å². The first kappa shape index (κ1) is 18.2. The van der Waals surface area contributed by atoms with Crippen LogP contribution in [0.5, 0.6) is 5.75 Å². The van der Waals surface area contributed by atoms with Crippen LogP contribution in [-0.4, -0.2) is 28.9 Å². The fourth-order valence-electron chi connectivity index (χ4n) is 3.89. The molecule has 0 fully saturated rings. The lowest BCUT2D eigenvalue weighted by atomic mass is 9.88. The number of pyridine rings is 1. The number of aromatic nitrogens is 1. The molecule has 0 bridgehead atoms. The largest absolute Gasteiger partial charge is 0.494 e. The van der Waals surface area contributed by atoms with Gasteiger partial charge in [0.05, 0.1) is 19.1 Å². The van der Waals surface area contributed by atoms with Gasteiger partial charge in [-0.3, -0.25) is 9.78 Å². The zero-order valence-electron chi connectivity index (χ0n) is 16.0. The van der Waals surface area contributed by atoms with E-state index in [0.29, 0.717) is 13.0 Å². The van der Waals surface area contributed by atoms with Crippen LogP contribution in [0.4, 0.5) is 0 Å². The number of amides is 1. The monoisotopic (exact) mass is 372 g/mol. The number of rotatable bonds is 5. The quantitative estimate of drug-likeness (QED) is 0.674. The molecule has 28 heavy (non-hydrogen) atoms. The molecule has 4 heteroatoms. The molecule has 1 amide bonds. The Balaban J connectivity index is 1.61. The summed E-state index contributed by atoms with van der Waals surface area (Å²) in [6, 6.07) is 20.2. The van der Waals surface area contributed by atoms with Gasteiger partial charge in [0.25, 0.3) is 0 Å². The van der Waals surface area contributed by atoms with Gasteiger partial charge in [0.2, 0.25) is 5.91 Å². The normalized spacial score (nSPS) is 15.8. The highest BCUT2D eigenvalue weighted by molar-refractivity contribution is 5.80. The lowest BCUT2D eigenvalue weighted by Gasteiger charge is -2.38. The zero-order chi connectivity index (χ0) is 19.3. The molecular weight excluding hydrogens is 348 g/mol. The Morgan fingerprint density at radius 3 is 2.57 bits per heavy atom. The van der Waals surface area contributed by atoms with E-state index in [2.05, 4.69) is 23.2 Å². The topological polar surface area (TPSA) is 42.4 Å². The highest BCUT2D eigenvalue weighted by Gasteiger charge is 2.31. The van der Waals surface area contributed by atoms with Crippen LogP contribution in [0.1, 0.15) is 35.2 Å². The van der Waals surface area contributed by atoms with E-state index >= 15 is 0 Å². The van der Waals surface area contributed by atoms with Gasteiger partial charge in [-0.1, -0.05) is 36.4 Å². The number of fused-ring (bicyclic) bond motifs is 1. The highest BCUT2D eigenvalue weighted by atomic mass is 16.5. The van der Waals surface area contributed by atoms with Crippen LogP contribution in [0.15, 0.2) is 73.1 Å². The Bertz CT molecular complexity index is 938. The molecule has 0 N–H and O–H groups in total. The average Bonchev–Trinajstić information content (AvgIpc) is 2.75. The van der Waals surface area contributed by atoms with Gasteiger partial charge in [0.1, 0.15) is 5.75 Å². The molecule has 4 rings (SSSR count). The predicted molar refractivity (Wildman–Crippen MR) is 109 cm³/mol. The number of carbonyl (C=O) groups is 1. The summed E-state index contributed by atoms with van der Waals surface area (Å²) in [7, 11) is 0. The van der Waals surface area contributed by atoms with E-state index in [0.717, 1.165) is 29.8 Å². The Kier molecular flexibility index (Phi) is 5.38. The van der Waals surface area contributed by atoms with Crippen molar-refractivity contribution in [2.45, 2.75) is 25.8 Å². The van der Waals surface area contributed by atoms with Crippen molar-refractivity contribution in [1.82, 2.24) is 9.88 Å². The van der Waals surface area contributed by atoms with E-state index in [9.17, 15) is 4.79 Å². The molecule has 1 atom stereocenters. The summed E-state index contributed by atoms with van der Waals surface area (Å²) in [6.45, 7) is 3.32. The van der Waals surface area contributed by atoms with Crippen LogP contribution in [-0.2, 0) is 17.6 Å². The molecule has 0 radical (unpaired) electrons. The molecule has 0 spiro atoms. The molecule has 0 saturated heterocycles. The van der Waals surface area contributed by atoms with E-state index < -0.39 is 0 Å². The third-order valence-electron chi connectivity index (χ3n) is 5.22. The molecule has 4 nitrogen and oxygen atoms in total. The van der Waals surface area contributed by atoms with Crippen molar-refractivity contribution < 1.29 is 9.53 Å². The lowest BCUT2D eigenvalue weighted by Crippen LogP contribution is -2.41. The minimum Gasteiger partial charge on any atom is -0.494 e. The summed E-state index contributed by atoms with van der Waals surface area (Å²) >= 11 is 0. The Hall–Kier alpha value is -3.14. The molecular formula is C24H24N2O2. The summed E-state index contributed by atoms with van der Waals surface area (Å²) in [5, 5.41) is 0. The SMILES string of the molecule is CCOc1ccc(CC(=O)N2CCc3ccccc3C2c2ccncc2)cc1. The molecule has 2 heterocycles. The fourth-order valence-corrected chi connectivity index (χ4v) is 3.89. The second-order valence-electron chi connectivity index (χ2n) is 6.97. The Labute approximate surface area is 165 Å². The van der Waals surface area contributed by atoms with Gasteiger partial charge >= 0.3 is 0 Å². The summed E-state index contributed by atoms with van der Waals surface area (Å²) in [5.41, 5.74) is 4.62. The zero-order valence-corrected chi connectivity index (χ0v) is 16.0. The second kappa shape index (κ2) is 8.26. The van der Waals surface area contributed by atoms with Crippen molar-refractivity contribution in [2.75, 3.05) is 13.2 Å². The minimum absolute atomic E-state index is 0.0665. The van der Waals surface area contributed by atoms with Gasteiger partial charge in [-0.15, -0.1) is 0 Å². The third-order valence-corrected chi connectivity index (χ3v) is 5.22. The molecule has 0 saturated carbocycles. The first-order valence-electron chi connectivity index (χ1n) is 9.75. The highest BCUT2D eigenvalue weighted by Crippen LogP contribution is 2.35. The van der Waals surface area contributed by atoms with Crippen LogP contribution in [0.25, 0.3) is 0 Å². The molecule has 1 aliphatic rings. The number of nitrogens with zero attached hydrogens (tertiary/aromatic N) is 2. The average molecular weight is 372 g/mol. The maximum absolute atomic E-state index is 13.3. The number of benzene rings is 2. The molecule has 2 aromatic carbocycles. The summed E-state index contributed by atoms with van der Waals surface area (Å²) in [4.78, 5) is 19.4. The summed E-state index contributed by atoms with van der Waals surface area (Å²) in [5.74, 6) is 0.973. The lowest BCUT2D eigenvalue weighted by molar-refractivity contribution is -0.132. The molecule has 0 aliphatic carbocycles. The maximum Gasteiger partial charge on any atom is 0.227 e. The van der Waals surface area contributed by atoms with Crippen molar-refractivity contribution in [3.63, 3.8) is 0 Å². The van der Waals surface area contributed by atoms with E-state index in [1.54, 1.807) is 12.4 Å². The maximum atomic E-state index is 13.3. The van der Waals surface area contributed by atoms with Crippen LogP contribution >= 0.6 is 0 Å². The van der Waals surface area contributed by atoms with Gasteiger partial charge in [-0.05, 0) is 59.9 Å². The van der Waals surface area contributed by atoms with Gasteiger partial charge < -0.3 is 9.64 Å². The Morgan fingerprint density at radius 2 is 1.82 bits per heavy atom. The molecule has 1 aliphatic heterocycles. The van der Waals surface area contributed by atoms with E-state index in [4.69, 9.17) is 4.74 Å². The number of carbonyl (C=O) groups excluding carboxylic acids is 1. The van der Waals surface area contributed by atoms with E-state index in [1.165, 1.54) is 11.1 Å². The van der Waals surface area contributed by atoms with Crippen molar-refractivity contribution in [1.29, 1.82) is 0 Å². The first-order chi connectivity index (χ1) is 13.8. The number of hydrogen-bond donors (Lipinski definition) is 0. The molecule has 3 aromatic rings. The third kappa shape index (κ3) is 3.77. The number of hydrogen-bond acceptors (Lipinski definition) is 3. The molecule has 1 unspecified atom stereocenters. The van der Waals surface area contributed by atoms with Gasteiger partial charge in [-0.2, -0.15) is 0 Å². The number of ether oxygens (including phenoxy) is 1. The van der Waals surface area contributed by atoms with Crippen molar-refractivity contribution >= 4 is 5.91 Å². The smallest absolute Gasteiger partial charge is 0.227 e. The second-order valence-corrected chi connectivity index (χ2v) is 6.97. The van der Waals surface area contributed by atoms with Crippen molar-refractivity contribution in [2.24, 2.45) is 0 Å². The summed E-state index contributed by atoms with van der Waals surface area (Å²) < 4.78 is 5.49. The van der Waals surface area contributed by atoms with Crippen LogP contribution in [0.3, 0.4) is 0 Å². The first-order valence-corrected chi connectivity index (χ1v) is 9.75. The predicted octanol–water partition coefficient (Wildman–Crippen LogP) is 4.20. The standard InChI is InChI=1S/C24H24N2O2/c1-2-28-21-9-7-18(8-10-21)17-23(27)26-16-13-19-5-3-4-6-22(19)24(26)20-11-14-25-15-12-20/h3-12,14-15,24H,2,13,16-17H2,1H3. The fraction of sp³-hybridized carbons (Fsp3) is 0.250. The molecule has 1 aromatic heterocycles.